The zero-order chi connectivity index (χ0) is 60.2. The molecule has 0 fully saturated rings. The van der Waals surface area contributed by atoms with Gasteiger partial charge in [-0.25, -0.2) is 0 Å². The molecule has 16 aromatic carbocycles. The molecule has 0 saturated carbocycles. The highest BCUT2D eigenvalue weighted by Gasteiger charge is 2.43. The molecule has 3 aliphatic rings. The average Bonchev–Trinajstić information content (AvgIpc) is 1.65. The molecule has 4 bridgehead atoms. The first kappa shape index (κ1) is 52.4. The van der Waals surface area contributed by atoms with Gasteiger partial charge in [0.1, 0.15) is 0 Å². The van der Waals surface area contributed by atoms with E-state index in [-0.39, 0.29) is 0 Å². The van der Waals surface area contributed by atoms with Crippen molar-refractivity contribution < 1.29 is 0 Å². The summed E-state index contributed by atoms with van der Waals surface area (Å²) in [6.07, 6.45) is 0. The first-order valence-corrected chi connectivity index (χ1v) is 31.6. The minimum Gasteiger partial charge on any atom is -0.309 e. The Hall–Kier alpha value is -11.8. The molecule has 19 rings (SSSR count). The molecule has 0 saturated heterocycles. The van der Waals surface area contributed by atoms with Crippen molar-refractivity contribution in [2.45, 2.75) is 12.3 Å². The van der Waals surface area contributed by atoms with E-state index in [0.29, 0.717) is 0 Å². The number of hydrogen-bond donors (Lipinski definition) is 0. The van der Waals surface area contributed by atoms with Crippen LogP contribution in [0.4, 0.5) is 51.2 Å². The van der Waals surface area contributed by atoms with Crippen molar-refractivity contribution in [3.63, 3.8) is 0 Å². The largest absolute Gasteiger partial charge is 0.309 e. The smallest absolute Gasteiger partial charge is 0.0620 e. The lowest BCUT2D eigenvalue weighted by Crippen LogP contribution is -2.23. The molecule has 91 heavy (non-hydrogen) atoms. The molecule has 3 nitrogen and oxygen atoms in total. The summed E-state index contributed by atoms with van der Waals surface area (Å²) in [5, 5.41) is 11.6. The summed E-state index contributed by atoms with van der Waals surface area (Å²) in [5.74, 6) is 0. The summed E-state index contributed by atoms with van der Waals surface area (Å²) in [6.45, 7) is 2.49. The highest BCUT2D eigenvalue weighted by Crippen LogP contribution is 2.61. The molecule has 2 heterocycles. The molecular formula is C88H59N3. The molecule has 0 N–H and O–H groups in total. The van der Waals surface area contributed by atoms with E-state index in [1.807, 2.05) is 0 Å². The van der Waals surface area contributed by atoms with Gasteiger partial charge in [-0.2, -0.15) is 0 Å². The molecule has 2 aliphatic heterocycles. The van der Waals surface area contributed by atoms with E-state index >= 15 is 0 Å². The van der Waals surface area contributed by atoms with Crippen LogP contribution in [0.3, 0.4) is 0 Å². The molecule has 0 amide bonds. The average molecular weight is 1160 g/mol. The van der Waals surface area contributed by atoms with Gasteiger partial charge in [-0.15, -0.1) is 0 Å². The van der Waals surface area contributed by atoms with Crippen LogP contribution in [0.15, 0.2) is 340 Å². The van der Waals surface area contributed by atoms with E-state index in [2.05, 4.69) is 361 Å². The molecule has 1 unspecified atom stereocenters. The zero-order valence-corrected chi connectivity index (χ0v) is 50.2. The molecule has 16 aromatic rings. The van der Waals surface area contributed by atoms with Gasteiger partial charge in [0, 0.05) is 65.5 Å². The van der Waals surface area contributed by atoms with E-state index in [1.165, 1.54) is 60.5 Å². The van der Waals surface area contributed by atoms with Crippen LogP contribution >= 0.6 is 0 Å². The standard InChI is InChI=1S/C88H59N3/c1-88-64-51-49-63(50-52-64)71-40-16-19-43-80(71)89(81-46-22-32-60-29-8-11-35-66(60)81)65-53-54-72(78(88)55-65)75-56-76-77(57-79(75)88)87(91(85-48-24-34-62-31-10-13-37-70(62)85)83-45-21-18-39-68(83)59-27-6-3-7-28-59)74-42-15-14-41-73(74)86(76)90(84-47-23-33-61-30-9-12-36-69(61)84)82-44-20-17-38-67(82)58-25-4-2-5-26-58/h2-57H,1H3. The summed E-state index contributed by atoms with van der Waals surface area (Å²) < 4.78 is 0. The number of rotatable bonds is 9. The highest BCUT2D eigenvalue weighted by molar-refractivity contribution is 6.26. The predicted molar refractivity (Wildman–Crippen MR) is 385 cm³/mol. The molecule has 1 atom stereocenters. The Labute approximate surface area is 529 Å². The maximum Gasteiger partial charge on any atom is 0.0620 e. The van der Waals surface area contributed by atoms with Crippen molar-refractivity contribution in [3.05, 3.63) is 356 Å². The quantitative estimate of drug-likeness (QED) is 0.105. The molecule has 0 spiro atoms. The van der Waals surface area contributed by atoms with Gasteiger partial charge in [0.05, 0.1) is 45.5 Å². The fraction of sp³-hybridized carbons (Fsp3) is 0.0227. The minimum atomic E-state index is -0.626. The van der Waals surface area contributed by atoms with E-state index in [1.54, 1.807) is 0 Å². The van der Waals surface area contributed by atoms with Crippen LogP contribution in [0.25, 0.3) is 98.4 Å². The van der Waals surface area contributed by atoms with Gasteiger partial charge < -0.3 is 14.7 Å². The Morgan fingerprint density at radius 2 is 0.659 bits per heavy atom. The van der Waals surface area contributed by atoms with Gasteiger partial charge in [-0.1, -0.05) is 279 Å². The summed E-state index contributed by atoms with van der Waals surface area (Å²) in [7, 11) is 0. The second-order valence-corrected chi connectivity index (χ2v) is 24.4. The summed E-state index contributed by atoms with van der Waals surface area (Å²) >= 11 is 0. The minimum absolute atomic E-state index is 0.626. The molecular weight excluding hydrogens is 1100 g/mol. The number of anilines is 9. The second kappa shape index (κ2) is 20.9. The maximum absolute atomic E-state index is 2.62. The van der Waals surface area contributed by atoms with Crippen LogP contribution < -0.4 is 14.7 Å². The molecule has 426 valence electrons. The topological polar surface area (TPSA) is 9.72 Å². The third kappa shape index (κ3) is 8.14. The Morgan fingerprint density at radius 3 is 1.24 bits per heavy atom. The van der Waals surface area contributed by atoms with Gasteiger partial charge in [0.2, 0.25) is 0 Å². The van der Waals surface area contributed by atoms with Gasteiger partial charge in [-0.05, 0) is 128 Å². The Balaban J connectivity index is 1.02. The van der Waals surface area contributed by atoms with Crippen LogP contribution in [-0.2, 0) is 5.41 Å². The van der Waals surface area contributed by atoms with Crippen LogP contribution in [0.1, 0.15) is 23.6 Å². The summed E-state index contributed by atoms with van der Waals surface area (Å²) in [5.41, 5.74) is 22.5. The summed E-state index contributed by atoms with van der Waals surface area (Å²) in [6, 6.07) is 127. The van der Waals surface area contributed by atoms with E-state index in [0.717, 1.165) is 106 Å². The van der Waals surface area contributed by atoms with Crippen molar-refractivity contribution >= 4 is 105 Å². The predicted octanol–water partition coefficient (Wildman–Crippen LogP) is 24.5. The maximum atomic E-state index is 2.62. The van der Waals surface area contributed by atoms with Crippen LogP contribution in [0, 0.1) is 0 Å². The highest BCUT2D eigenvalue weighted by atomic mass is 15.2. The van der Waals surface area contributed by atoms with Crippen LogP contribution in [0.2, 0.25) is 0 Å². The second-order valence-electron chi connectivity index (χ2n) is 24.4. The van der Waals surface area contributed by atoms with Crippen molar-refractivity contribution in [3.8, 4) is 44.5 Å². The van der Waals surface area contributed by atoms with Gasteiger partial charge in [0.25, 0.3) is 0 Å². The van der Waals surface area contributed by atoms with E-state index in [9.17, 15) is 0 Å². The van der Waals surface area contributed by atoms with Crippen molar-refractivity contribution in [2.24, 2.45) is 0 Å². The third-order valence-electron chi connectivity index (χ3n) is 19.6. The Morgan fingerprint density at radius 1 is 0.253 bits per heavy atom. The molecule has 0 aromatic heterocycles. The lowest BCUT2D eigenvalue weighted by molar-refractivity contribution is 0.715. The van der Waals surface area contributed by atoms with Crippen LogP contribution in [0.5, 0.6) is 0 Å². The lowest BCUT2D eigenvalue weighted by Gasteiger charge is -2.36. The zero-order valence-electron chi connectivity index (χ0n) is 50.2. The molecule has 0 radical (unpaired) electrons. The third-order valence-corrected chi connectivity index (χ3v) is 19.6. The normalized spacial score (nSPS) is 13.8. The molecule has 1 aliphatic carbocycles. The van der Waals surface area contributed by atoms with Crippen molar-refractivity contribution in [1.29, 1.82) is 0 Å². The first-order valence-electron chi connectivity index (χ1n) is 31.6. The van der Waals surface area contributed by atoms with Crippen molar-refractivity contribution in [2.75, 3.05) is 14.7 Å². The number of fused-ring (bicyclic) bond motifs is 9. The van der Waals surface area contributed by atoms with Gasteiger partial charge in [0.15, 0.2) is 0 Å². The van der Waals surface area contributed by atoms with Gasteiger partial charge >= 0.3 is 0 Å². The number of benzene rings is 16. The van der Waals surface area contributed by atoms with Crippen molar-refractivity contribution in [1.82, 2.24) is 0 Å². The number of hydrogen-bond acceptors (Lipinski definition) is 3. The number of nitrogens with zero attached hydrogens (tertiary/aromatic N) is 3. The monoisotopic (exact) mass is 1160 g/mol. The molecule has 3 heteroatoms. The van der Waals surface area contributed by atoms with Crippen LogP contribution in [-0.4, -0.2) is 0 Å². The lowest BCUT2D eigenvalue weighted by atomic mass is 9.73. The van der Waals surface area contributed by atoms with Gasteiger partial charge in [-0.3, -0.25) is 0 Å². The number of para-hydroxylation sites is 3. The summed E-state index contributed by atoms with van der Waals surface area (Å²) in [4.78, 5) is 7.73. The Kier molecular flexibility index (Phi) is 12.1. The SMILES string of the molecule is CC12c3ccc(cc3)-c3ccccc3N(c3cccc4ccccc34)c3ccc(c1c3)-c1cc3c(N(c4ccccc4-c4ccccc4)c4cccc5ccccc45)c4ccccc4c(N(c4ccccc4-c4ccccc4)c4cccc5ccccc45)c3cc12. The van der Waals surface area contributed by atoms with E-state index in [4.69, 9.17) is 0 Å². The fourth-order valence-corrected chi connectivity index (χ4v) is 15.4. The first-order chi connectivity index (χ1) is 45.1. The van der Waals surface area contributed by atoms with E-state index < -0.39 is 5.41 Å². The fourth-order valence-electron chi connectivity index (χ4n) is 15.4. The Bertz CT molecular complexity index is 5560.